The Kier molecular flexibility index (Phi) is 7.85. The molecule has 1 unspecified atom stereocenters. The van der Waals surface area contributed by atoms with Crippen LogP contribution in [0.25, 0.3) is 0 Å². The summed E-state index contributed by atoms with van der Waals surface area (Å²) in [5, 5.41) is 12.4. The lowest BCUT2D eigenvalue weighted by atomic mass is 9.83. The molecule has 0 spiro atoms. The quantitative estimate of drug-likeness (QED) is 0.690. The van der Waals surface area contributed by atoms with Crippen LogP contribution in [0.15, 0.2) is 0 Å². The largest absolute Gasteiger partial charge is 0.396 e. The van der Waals surface area contributed by atoms with Crippen molar-refractivity contribution in [2.75, 3.05) is 19.4 Å². The Morgan fingerprint density at radius 1 is 1.38 bits per heavy atom. The van der Waals surface area contributed by atoms with E-state index in [2.05, 4.69) is 19.2 Å². The second-order valence-electron chi connectivity index (χ2n) is 4.22. The van der Waals surface area contributed by atoms with Gasteiger partial charge in [0, 0.05) is 12.0 Å². The molecule has 1 atom stereocenters. The molecule has 1 amide bonds. The van der Waals surface area contributed by atoms with Gasteiger partial charge in [-0.1, -0.05) is 20.8 Å². The molecule has 0 saturated heterocycles. The van der Waals surface area contributed by atoms with Crippen molar-refractivity contribution in [1.82, 2.24) is 5.32 Å². The summed E-state index contributed by atoms with van der Waals surface area (Å²) in [5.41, 5.74) is -0.146. The maximum absolute atomic E-state index is 11.8. The number of aliphatic hydroxyl groups excluding tert-OH is 1. The van der Waals surface area contributed by atoms with Crippen molar-refractivity contribution < 1.29 is 9.90 Å². The third-order valence-corrected chi connectivity index (χ3v) is 4.54. The van der Waals surface area contributed by atoms with Crippen molar-refractivity contribution in [2.24, 2.45) is 5.41 Å². The van der Waals surface area contributed by atoms with Crippen LogP contribution in [0, 0.1) is 5.41 Å². The molecule has 0 saturated carbocycles. The van der Waals surface area contributed by atoms with Gasteiger partial charge in [-0.2, -0.15) is 11.8 Å². The standard InChI is InChI=1S/C12H25NO2S/c1-5-10(16-4)11(15)13-8-12(6-2,7-3)9-14/h10,14H,5-9H2,1-4H3,(H,13,15). The van der Waals surface area contributed by atoms with Gasteiger partial charge in [0.15, 0.2) is 0 Å². The first-order chi connectivity index (χ1) is 7.59. The Morgan fingerprint density at radius 3 is 2.25 bits per heavy atom. The third kappa shape index (κ3) is 4.34. The second-order valence-corrected chi connectivity index (χ2v) is 5.26. The molecule has 16 heavy (non-hydrogen) atoms. The minimum atomic E-state index is -0.146. The Hall–Kier alpha value is -0.220. The number of aliphatic hydroxyl groups is 1. The maximum atomic E-state index is 11.8. The molecule has 0 radical (unpaired) electrons. The van der Waals surface area contributed by atoms with Crippen molar-refractivity contribution in [2.45, 2.75) is 45.3 Å². The summed E-state index contributed by atoms with van der Waals surface area (Å²) < 4.78 is 0. The summed E-state index contributed by atoms with van der Waals surface area (Å²) in [4.78, 5) is 11.8. The predicted octanol–water partition coefficient (Wildman–Crippen LogP) is 2.04. The zero-order chi connectivity index (χ0) is 12.6. The molecule has 0 aliphatic carbocycles. The minimum absolute atomic E-state index is 0.0325. The number of hydrogen-bond acceptors (Lipinski definition) is 3. The summed E-state index contributed by atoms with van der Waals surface area (Å²) in [5.74, 6) is 0.0923. The van der Waals surface area contributed by atoms with E-state index in [9.17, 15) is 9.90 Å². The highest BCUT2D eigenvalue weighted by atomic mass is 32.2. The van der Waals surface area contributed by atoms with E-state index in [-0.39, 0.29) is 23.2 Å². The van der Waals surface area contributed by atoms with Crippen LogP contribution in [-0.2, 0) is 4.79 Å². The summed E-state index contributed by atoms with van der Waals surface area (Å²) >= 11 is 1.58. The predicted molar refractivity (Wildman–Crippen MR) is 70.7 cm³/mol. The lowest BCUT2D eigenvalue weighted by Crippen LogP contribution is -2.42. The fourth-order valence-electron chi connectivity index (χ4n) is 1.63. The molecule has 96 valence electrons. The maximum Gasteiger partial charge on any atom is 0.233 e. The highest BCUT2D eigenvalue weighted by Gasteiger charge is 2.26. The molecular weight excluding hydrogens is 222 g/mol. The average molecular weight is 247 g/mol. The number of carbonyl (C=O) groups is 1. The minimum Gasteiger partial charge on any atom is -0.396 e. The van der Waals surface area contributed by atoms with Crippen molar-refractivity contribution in [1.29, 1.82) is 0 Å². The molecule has 0 rings (SSSR count). The number of thioether (sulfide) groups is 1. The molecule has 0 aromatic heterocycles. The number of amides is 1. The summed E-state index contributed by atoms with van der Waals surface area (Å²) in [6.07, 6.45) is 4.57. The smallest absolute Gasteiger partial charge is 0.233 e. The van der Waals surface area contributed by atoms with Gasteiger partial charge in [0.1, 0.15) is 0 Å². The van der Waals surface area contributed by atoms with Gasteiger partial charge in [0.2, 0.25) is 5.91 Å². The summed E-state index contributed by atoms with van der Waals surface area (Å²) in [6.45, 7) is 6.83. The fraction of sp³-hybridized carbons (Fsp3) is 0.917. The van der Waals surface area contributed by atoms with Crippen LogP contribution in [0.1, 0.15) is 40.0 Å². The van der Waals surface area contributed by atoms with Gasteiger partial charge in [0.25, 0.3) is 0 Å². The molecule has 0 aromatic rings. The van der Waals surface area contributed by atoms with E-state index in [4.69, 9.17) is 0 Å². The Morgan fingerprint density at radius 2 is 1.94 bits per heavy atom. The monoisotopic (exact) mass is 247 g/mol. The first-order valence-electron chi connectivity index (χ1n) is 6.00. The molecule has 0 aromatic carbocycles. The van der Waals surface area contributed by atoms with Crippen LogP contribution in [0.5, 0.6) is 0 Å². The third-order valence-electron chi connectivity index (χ3n) is 3.42. The van der Waals surface area contributed by atoms with E-state index < -0.39 is 0 Å². The molecule has 4 heteroatoms. The molecule has 0 aliphatic heterocycles. The van der Waals surface area contributed by atoms with E-state index in [1.807, 2.05) is 13.2 Å². The van der Waals surface area contributed by atoms with E-state index in [0.717, 1.165) is 19.3 Å². The number of rotatable bonds is 8. The van der Waals surface area contributed by atoms with Crippen LogP contribution in [-0.4, -0.2) is 35.7 Å². The van der Waals surface area contributed by atoms with Crippen LogP contribution in [0.3, 0.4) is 0 Å². The van der Waals surface area contributed by atoms with Crippen molar-refractivity contribution >= 4 is 17.7 Å². The Bertz CT molecular complexity index is 193. The van der Waals surface area contributed by atoms with Gasteiger partial charge in [-0.15, -0.1) is 0 Å². The molecular formula is C12H25NO2S. The van der Waals surface area contributed by atoms with Gasteiger partial charge in [-0.05, 0) is 25.5 Å². The normalized spacial score (nSPS) is 13.6. The van der Waals surface area contributed by atoms with Crippen LogP contribution in [0.2, 0.25) is 0 Å². The van der Waals surface area contributed by atoms with Crippen LogP contribution in [0.4, 0.5) is 0 Å². The van der Waals surface area contributed by atoms with Crippen molar-refractivity contribution in [3.05, 3.63) is 0 Å². The SMILES string of the molecule is CCC(SC)C(=O)NCC(CC)(CC)CO. The Balaban J connectivity index is 4.25. The number of nitrogens with one attached hydrogen (secondary N) is 1. The summed E-state index contributed by atoms with van der Waals surface area (Å²) in [7, 11) is 0. The highest BCUT2D eigenvalue weighted by molar-refractivity contribution is 7.99. The van der Waals surface area contributed by atoms with Gasteiger partial charge < -0.3 is 10.4 Å². The van der Waals surface area contributed by atoms with E-state index in [0.29, 0.717) is 6.54 Å². The molecule has 2 N–H and O–H groups in total. The van der Waals surface area contributed by atoms with Gasteiger partial charge in [0.05, 0.1) is 11.9 Å². The first kappa shape index (κ1) is 15.8. The lowest BCUT2D eigenvalue weighted by molar-refractivity contribution is -0.121. The van der Waals surface area contributed by atoms with Crippen molar-refractivity contribution in [3.8, 4) is 0 Å². The number of hydrogen-bond donors (Lipinski definition) is 2. The van der Waals surface area contributed by atoms with Gasteiger partial charge >= 0.3 is 0 Å². The van der Waals surface area contributed by atoms with Crippen LogP contribution < -0.4 is 5.32 Å². The lowest BCUT2D eigenvalue weighted by Gasteiger charge is -2.30. The molecule has 0 heterocycles. The Labute approximate surface area is 103 Å². The van der Waals surface area contributed by atoms with E-state index >= 15 is 0 Å². The summed E-state index contributed by atoms with van der Waals surface area (Å²) in [6, 6.07) is 0. The zero-order valence-corrected chi connectivity index (χ0v) is 11.7. The zero-order valence-electron chi connectivity index (χ0n) is 10.9. The average Bonchev–Trinajstić information content (AvgIpc) is 2.33. The molecule has 0 fully saturated rings. The van der Waals surface area contributed by atoms with Gasteiger partial charge in [-0.25, -0.2) is 0 Å². The van der Waals surface area contributed by atoms with Crippen molar-refractivity contribution in [3.63, 3.8) is 0 Å². The first-order valence-corrected chi connectivity index (χ1v) is 7.29. The second kappa shape index (κ2) is 7.96. The fourth-order valence-corrected chi connectivity index (χ4v) is 2.26. The van der Waals surface area contributed by atoms with E-state index in [1.165, 1.54) is 0 Å². The van der Waals surface area contributed by atoms with E-state index in [1.54, 1.807) is 11.8 Å². The molecule has 3 nitrogen and oxygen atoms in total. The number of carbonyl (C=O) groups excluding carboxylic acids is 1. The molecule has 0 aliphatic rings. The molecule has 0 bridgehead atoms. The van der Waals surface area contributed by atoms with Crippen LogP contribution >= 0.6 is 11.8 Å². The highest BCUT2D eigenvalue weighted by Crippen LogP contribution is 2.24. The topological polar surface area (TPSA) is 49.3 Å². The van der Waals surface area contributed by atoms with Gasteiger partial charge in [-0.3, -0.25) is 4.79 Å².